The number of rotatable bonds is 9. The van der Waals surface area contributed by atoms with E-state index in [0.29, 0.717) is 35.4 Å². The van der Waals surface area contributed by atoms with Crippen LogP contribution in [0.5, 0.6) is 0 Å². The minimum absolute atomic E-state index is 0.0198. The Labute approximate surface area is 203 Å². The number of aryl methyl sites for hydroxylation is 1. The molecule has 2 aromatic carbocycles. The Hall–Kier alpha value is -4.74. The van der Waals surface area contributed by atoms with Crippen molar-refractivity contribution in [2.24, 2.45) is 0 Å². The van der Waals surface area contributed by atoms with E-state index in [4.69, 9.17) is 5.11 Å². The molecule has 4 amide bonds. The van der Waals surface area contributed by atoms with Gasteiger partial charge in [-0.3, -0.25) is 33.8 Å². The summed E-state index contributed by atoms with van der Waals surface area (Å²) in [5.41, 5.74) is 2.28. The SMILES string of the molecule is O=C(O)CCCN1C(=O)c2ccc(-c3ccc4c(c3)C(=O)N(CCCc3nn[nH]n3)C4=O)cc2C1=O. The van der Waals surface area contributed by atoms with Gasteiger partial charge >= 0.3 is 5.97 Å². The molecule has 0 bridgehead atoms. The van der Waals surface area contributed by atoms with Gasteiger partial charge in [-0.1, -0.05) is 17.3 Å². The van der Waals surface area contributed by atoms with E-state index >= 15 is 0 Å². The zero-order chi connectivity index (χ0) is 25.4. The average molecular weight is 488 g/mol. The lowest BCUT2D eigenvalue weighted by Gasteiger charge is -2.12. The molecule has 0 unspecified atom stereocenters. The van der Waals surface area contributed by atoms with Crippen molar-refractivity contribution in [2.75, 3.05) is 13.1 Å². The maximum atomic E-state index is 13.0. The van der Waals surface area contributed by atoms with Crippen LogP contribution in [0.1, 0.15) is 66.5 Å². The van der Waals surface area contributed by atoms with Crippen LogP contribution < -0.4 is 0 Å². The highest BCUT2D eigenvalue weighted by Crippen LogP contribution is 2.32. The van der Waals surface area contributed by atoms with Gasteiger partial charge < -0.3 is 5.11 Å². The molecule has 0 saturated carbocycles. The summed E-state index contributed by atoms with van der Waals surface area (Å²) in [6.45, 7) is 0.232. The molecule has 1 aromatic heterocycles. The molecule has 2 aliphatic rings. The molecular weight excluding hydrogens is 468 g/mol. The van der Waals surface area contributed by atoms with Gasteiger partial charge in [0.05, 0.1) is 22.3 Å². The predicted molar refractivity (Wildman–Crippen MR) is 122 cm³/mol. The summed E-state index contributed by atoms with van der Waals surface area (Å²) in [4.78, 5) is 64.2. The first-order valence-electron chi connectivity index (χ1n) is 11.3. The van der Waals surface area contributed by atoms with Crippen LogP contribution in [-0.4, -0.2) is 78.2 Å². The van der Waals surface area contributed by atoms with Crippen molar-refractivity contribution >= 4 is 29.6 Å². The summed E-state index contributed by atoms with van der Waals surface area (Å²) in [5.74, 6) is -2.22. The molecule has 12 heteroatoms. The fourth-order valence-corrected chi connectivity index (χ4v) is 4.42. The number of H-pyrrole nitrogens is 1. The second-order valence-corrected chi connectivity index (χ2v) is 8.47. The second-order valence-electron chi connectivity index (χ2n) is 8.47. The van der Waals surface area contributed by atoms with Crippen molar-refractivity contribution in [3.05, 3.63) is 64.5 Å². The van der Waals surface area contributed by atoms with E-state index in [2.05, 4.69) is 20.6 Å². The quantitative estimate of drug-likeness (QED) is 0.425. The molecule has 3 heterocycles. The maximum Gasteiger partial charge on any atom is 0.303 e. The lowest BCUT2D eigenvalue weighted by Crippen LogP contribution is -2.31. The van der Waals surface area contributed by atoms with Crippen molar-refractivity contribution in [1.82, 2.24) is 30.4 Å². The normalized spacial score (nSPS) is 14.6. The van der Waals surface area contributed by atoms with E-state index < -0.39 is 23.7 Å². The standard InChI is InChI=1S/C24H20N6O6/c31-20(32)4-2-10-30-22(34)16-8-6-14(12-18(16)24(30)36)13-5-7-15-17(11-13)23(35)29(21(15)33)9-1-3-19-25-27-28-26-19/h5-8,11-12H,1-4,9-10H2,(H,31,32)(H,25,26,27,28). The number of fused-ring (bicyclic) bond motifs is 2. The Morgan fingerprint density at radius 3 is 1.81 bits per heavy atom. The Kier molecular flexibility index (Phi) is 5.84. The van der Waals surface area contributed by atoms with E-state index in [-0.39, 0.29) is 48.5 Å². The summed E-state index contributed by atoms with van der Waals surface area (Å²) in [6.07, 6.45) is 0.973. The number of nitrogens with one attached hydrogen (secondary N) is 1. The number of tetrazole rings is 1. The molecule has 0 radical (unpaired) electrons. The van der Waals surface area contributed by atoms with Gasteiger partial charge in [-0.15, -0.1) is 10.2 Å². The molecule has 182 valence electrons. The number of imide groups is 2. The molecule has 3 aromatic rings. The van der Waals surface area contributed by atoms with Gasteiger partial charge in [0, 0.05) is 25.9 Å². The Morgan fingerprint density at radius 1 is 0.778 bits per heavy atom. The molecule has 36 heavy (non-hydrogen) atoms. The number of hydrogen-bond donors (Lipinski definition) is 2. The largest absolute Gasteiger partial charge is 0.481 e. The smallest absolute Gasteiger partial charge is 0.303 e. The lowest BCUT2D eigenvalue weighted by molar-refractivity contribution is -0.137. The highest BCUT2D eigenvalue weighted by molar-refractivity contribution is 6.23. The Morgan fingerprint density at radius 2 is 1.31 bits per heavy atom. The molecular formula is C24H20N6O6. The number of amides is 4. The van der Waals surface area contributed by atoms with E-state index in [1.54, 1.807) is 36.4 Å². The number of carbonyl (C=O) groups is 5. The number of benzene rings is 2. The number of carboxylic acids is 1. The number of aliphatic carboxylic acids is 1. The maximum absolute atomic E-state index is 13.0. The molecule has 0 spiro atoms. The second kappa shape index (κ2) is 9.13. The minimum atomic E-state index is -0.996. The van der Waals surface area contributed by atoms with Gasteiger partial charge in [0.25, 0.3) is 23.6 Å². The van der Waals surface area contributed by atoms with Crippen molar-refractivity contribution in [3.63, 3.8) is 0 Å². The van der Waals surface area contributed by atoms with Gasteiger partial charge in [0.15, 0.2) is 5.82 Å². The van der Waals surface area contributed by atoms with Gasteiger partial charge in [0.1, 0.15) is 0 Å². The summed E-state index contributed by atoms with van der Waals surface area (Å²) >= 11 is 0. The van der Waals surface area contributed by atoms with Crippen molar-refractivity contribution < 1.29 is 29.1 Å². The molecule has 12 nitrogen and oxygen atoms in total. The Bertz CT molecular complexity index is 1420. The number of hydrogen-bond acceptors (Lipinski definition) is 8. The van der Waals surface area contributed by atoms with E-state index in [1.807, 2.05) is 0 Å². The minimum Gasteiger partial charge on any atom is -0.481 e. The molecule has 2 aliphatic heterocycles. The van der Waals surface area contributed by atoms with Crippen LogP contribution in [0.2, 0.25) is 0 Å². The molecule has 5 rings (SSSR count). The van der Waals surface area contributed by atoms with Crippen LogP contribution in [0.3, 0.4) is 0 Å². The first-order valence-corrected chi connectivity index (χ1v) is 11.3. The summed E-state index contributed by atoms with van der Waals surface area (Å²) < 4.78 is 0. The number of aromatic amines is 1. The van der Waals surface area contributed by atoms with E-state index in [0.717, 1.165) is 4.90 Å². The van der Waals surface area contributed by atoms with Crippen LogP contribution >= 0.6 is 0 Å². The van der Waals surface area contributed by atoms with Gasteiger partial charge in [-0.2, -0.15) is 5.21 Å². The molecule has 0 aliphatic carbocycles. The third-order valence-corrected chi connectivity index (χ3v) is 6.22. The van der Waals surface area contributed by atoms with Crippen molar-refractivity contribution in [1.29, 1.82) is 0 Å². The van der Waals surface area contributed by atoms with Crippen LogP contribution in [0.15, 0.2) is 36.4 Å². The highest BCUT2D eigenvalue weighted by Gasteiger charge is 2.37. The fourth-order valence-electron chi connectivity index (χ4n) is 4.42. The Balaban J connectivity index is 1.33. The van der Waals surface area contributed by atoms with Crippen molar-refractivity contribution in [2.45, 2.75) is 25.7 Å². The monoisotopic (exact) mass is 488 g/mol. The molecule has 0 saturated heterocycles. The van der Waals surface area contributed by atoms with Crippen molar-refractivity contribution in [3.8, 4) is 11.1 Å². The number of aromatic nitrogens is 4. The lowest BCUT2D eigenvalue weighted by atomic mass is 9.97. The summed E-state index contributed by atoms with van der Waals surface area (Å²) in [7, 11) is 0. The first kappa shape index (κ1) is 23.0. The fraction of sp³-hybridized carbons (Fsp3) is 0.250. The first-order chi connectivity index (χ1) is 17.3. The topological polar surface area (TPSA) is 167 Å². The third-order valence-electron chi connectivity index (χ3n) is 6.22. The zero-order valence-corrected chi connectivity index (χ0v) is 18.9. The number of carboxylic acid groups (broad SMARTS) is 1. The summed E-state index contributed by atoms with van der Waals surface area (Å²) in [5, 5.41) is 22.4. The van der Waals surface area contributed by atoms with E-state index in [9.17, 15) is 24.0 Å². The summed E-state index contributed by atoms with van der Waals surface area (Å²) in [6, 6.07) is 9.70. The third kappa shape index (κ3) is 4.02. The molecule has 2 N–H and O–H groups in total. The van der Waals surface area contributed by atoms with E-state index in [1.165, 1.54) is 4.90 Å². The number of carbonyl (C=O) groups excluding carboxylic acids is 4. The highest BCUT2D eigenvalue weighted by atomic mass is 16.4. The number of nitrogens with zero attached hydrogens (tertiary/aromatic N) is 5. The van der Waals surface area contributed by atoms with Crippen LogP contribution in [0.4, 0.5) is 0 Å². The average Bonchev–Trinajstić information content (AvgIpc) is 3.53. The van der Waals surface area contributed by atoms with Gasteiger partial charge in [0.2, 0.25) is 0 Å². The van der Waals surface area contributed by atoms with Crippen LogP contribution in [-0.2, 0) is 11.2 Å². The van der Waals surface area contributed by atoms with Crippen LogP contribution in [0, 0.1) is 0 Å². The molecule has 0 fully saturated rings. The molecule has 0 atom stereocenters. The van der Waals surface area contributed by atoms with Crippen LogP contribution in [0.25, 0.3) is 11.1 Å². The van der Waals surface area contributed by atoms with Gasteiger partial charge in [-0.25, -0.2) is 0 Å². The predicted octanol–water partition coefficient (Wildman–Crippen LogP) is 1.56. The zero-order valence-electron chi connectivity index (χ0n) is 18.9. The van der Waals surface area contributed by atoms with Gasteiger partial charge in [-0.05, 0) is 48.2 Å².